The normalized spacial score (nSPS) is 36.6. The third-order valence-corrected chi connectivity index (χ3v) is 3.86. The van der Waals surface area contributed by atoms with E-state index in [0.717, 1.165) is 32.7 Å². The van der Waals surface area contributed by atoms with Gasteiger partial charge < -0.3 is 14.1 Å². The Morgan fingerprint density at radius 2 is 2.00 bits per heavy atom. The Balaban J connectivity index is 1.84. The van der Waals surface area contributed by atoms with Crippen molar-refractivity contribution in [2.45, 2.75) is 25.1 Å². The highest BCUT2D eigenvalue weighted by Gasteiger charge is 2.49. The largest absolute Gasteiger partial charge is 0.554 e. The fourth-order valence-electron chi connectivity index (χ4n) is 3.18. The molecule has 1 atom stereocenters. The van der Waals surface area contributed by atoms with E-state index in [1.54, 1.807) is 0 Å². The molecule has 1 saturated carbocycles. The maximum absolute atomic E-state index is 11.3. The van der Waals surface area contributed by atoms with Crippen molar-refractivity contribution in [3.63, 3.8) is 0 Å². The van der Waals surface area contributed by atoms with Crippen LogP contribution in [0.1, 0.15) is 19.3 Å². The number of fused-ring (bicyclic) bond motifs is 1. The first-order valence-corrected chi connectivity index (χ1v) is 5.50. The van der Waals surface area contributed by atoms with Gasteiger partial charge in [-0.3, -0.25) is 4.79 Å². The van der Waals surface area contributed by atoms with Crippen LogP contribution in [0.15, 0.2) is 0 Å². The van der Waals surface area contributed by atoms with Gasteiger partial charge in [0.2, 0.25) is 0 Å². The number of carbonyl (C=O) groups excluding carboxylic acids is 1. The third kappa shape index (κ3) is 1.09. The van der Waals surface area contributed by atoms with Crippen LogP contribution in [0.5, 0.6) is 0 Å². The zero-order valence-electron chi connectivity index (χ0n) is 8.28. The Hall–Kier alpha value is -0.385. The summed E-state index contributed by atoms with van der Waals surface area (Å²) >= 11 is 0. The first-order chi connectivity index (χ1) is 6.81. The van der Waals surface area contributed by atoms with Gasteiger partial charge in [-0.05, 0) is 19.5 Å². The van der Waals surface area contributed by atoms with E-state index in [0.29, 0.717) is 24.4 Å². The molecule has 2 aliphatic heterocycles. The lowest BCUT2D eigenvalue weighted by Crippen LogP contribution is -2.50. The van der Waals surface area contributed by atoms with Gasteiger partial charge in [0.1, 0.15) is 5.78 Å². The molecule has 14 heavy (non-hydrogen) atoms. The van der Waals surface area contributed by atoms with Crippen LogP contribution in [-0.2, 0) is 14.1 Å². The second-order valence-corrected chi connectivity index (χ2v) is 4.55. The molecule has 0 aromatic carbocycles. The number of Topliss-reactive ketones (excluding diaryl/α,β-unsaturated/α-hetero) is 1. The highest BCUT2D eigenvalue weighted by Crippen LogP contribution is 2.43. The predicted molar refractivity (Wildman–Crippen MR) is 51.8 cm³/mol. The van der Waals surface area contributed by atoms with Gasteiger partial charge >= 0.3 is 6.69 Å². The smallest absolute Gasteiger partial charge is 0.321 e. The van der Waals surface area contributed by atoms with Crippen LogP contribution in [-0.4, -0.2) is 43.6 Å². The summed E-state index contributed by atoms with van der Waals surface area (Å²) in [6.07, 6.45) is 2.33. The number of ketones is 1. The highest BCUT2D eigenvalue weighted by molar-refractivity contribution is 6.67. The van der Waals surface area contributed by atoms with Gasteiger partial charge in [-0.15, -0.1) is 0 Å². The van der Waals surface area contributed by atoms with Gasteiger partial charge in [0, 0.05) is 19.6 Å². The topological polar surface area (TPSA) is 38.8 Å². The molecular formula is C9H15BNO3-. The van der Waals surface area contributed by atoms with E-state index in [1.165, 1.54) is 0 Å². The average Bonchev–Trinajstić information content (AvgIpc) is 2.75. The first-order valence-electron chi connectivity index (χ1n) is 5.50. The standard InChI is InChI=1S/C9H15BNO3/c12-9-2-1-8(7-9)10-11(3-5-13-10)4-6-14-10/h8H,1-7H2/q-1. The summed E-state index contributed by atoms with van der Waals surface area (Å²) in [5.41, 5.74) is 0. The van der Waals surface area contributed by atoms with Gasteiger partial charge in [0.15, 0.2) is 0 Å². The maximum Gasteiger partial charge on any atom is 0.321 e. The van der Waals surface area contributed by atoms with Gasteiger partial charge in [-0.2, -0.15) is 0 Å². The van der Waals surface area contributed by atoms with Crippen LogP contribution < -0.4 is 0 Å². The molecule has 0 spiro atoms. The van der Waals surface area contributed by atoms with Crippen molar-refractivity contribution in [3.05, 3.63) is 0 Å². The minimum atomic E-state index is -1.23. The van der Waals surface area contributed by atoms with Crippen LogP contribution in [0.4, 0.5) is 0 Å². The molecule has 0 N–H and O–H groups in total. The molecule has 3 rings (SSSR count). The zero-order valence-corrected chi connectivity index (χ0v) is 8.28. The Morgan fingerprint density at radius 3 is 2.57 bits per heavy atom. The van der Waals surface area contributed by atoms with Gasteiger partial charge in [0.05, 0.1) is 0 Å². The molecule has 1 unspecified atom stereocenters. The Labute approximate surface area is 83.5 Å². The molecular weight excluding hydrogens is 181 g/mol. The van der Waals surface area contributed by atoms with E-state index in [4.69, 9.17) is 9.31 Å². The highest BCUT2D eigenvalue weighted by atomic mass is 16.6. The zero-order chi connectivity index (χ0) is 9.60. The Kier molecular flexibility index (Phi) is 1.94. The van der Waals surface area contributed by atoms with E-state index in [1.807, 2.05) is 0 Å². The van der Waals surface area contributed by atoms with E-state index >= 15 is 0 Å². The summed E-state index contributed by atoms with van der Waals surface area (Å²) in [7, 11) is 0. The molecule has 0 bridgehead atoms. The summed E-state index contributed by atoms with van der Waals surface area (Å²) in [5.74, 6) is 0.699. The van der Waals surface area contributed by atoms with Crippen molar-refractivity contribution in [3.8, 4) is 0 Å². The fourth-order valence-corrected chi connectivity index (χ4v) is 3.18. The van der Waals surface area contributed by atoms with Crippen LogP contribution in [0.3, 0.4) is 0 Å². The summed E-state index contributed by atoms with van der Waals surface area (Å²) in [6.45, 7) is 2.26. The van der Waals surface area contributed by atoms with Crippen molar-refractivity contribution in [1.82, 2.24) is 4.81 Å². The Bertz CT molecular complexity index is 261. The van der Waals surface area contributed by atoms with Crippen molar-refractivity contribution in [2.75, 3.05) is 26.3 Å². The molecule has 78 valence electrons. The molecule has 3 aliphatic rings. The molecule has 1 aliphatic carbocycles. The SMILES string of the molecule is O=C1CCC([B-]23OCCN2CCO3)C1. The summed E-state index contributed by atoms with van der Waals surface area (Å²) in [4.78, 5) is 13.6. The lowest BCUT2D eigenvalue weighted by molar-refractivity contribution is -0.117. The second kappa shape index (κ2) is 3.05. The van der Waals surface area contributed by atoms with E-state index in [2.05, 4.69) is 4.81 Å². The number of hydrogen-bond donors (Lipinski definition) is 0. The van der Waals surface area contributed by atoms with Crippen molar-refractivity contribution < 1.29 is 14.1 Å². The van der Waals surface area contributed by atoms with Crippen molar-refractivity contribution in [2.24, 2.45) is 0 Å². The van der Waals surface area contributed by atoms with Crippen molar-refractivity contribution >= 4 is 12.5 Å². The second-order valence-electron chi connectivity index (χ2n) is 4.55. The molecule has 2 saturated heterocycles. The monoisotopic (exact) mass is 196 g/mol. The summed E-state index contributed by atoms with van der Waals surface area (Å²) in [5, 5.41) is 0. The molecule has 0 aromatic rings. The maximum atomic E-state index is 11.3. The number of rotatable bonds is 1. The average molecular weight is 196 g/mol. The van der Waals surface area contributed by atoms with Gasteiger partial charge in [0.25, 0.3) is 0 Å². The van der Waals surface area contributed by atoms with Crippen LogP contribution >= 0.6 is 0 Å². The summed E-state index contributed by atoms with van der Waals surface area (Å²) in [6, 6.07) is 0. The fraction of sp³-hybridized carbons (Fsp3) is 0.889. The molecule has 0 radical (unpaired) electrons. The van der Waals surface area contributed by atoms with Crippen molar-refractivity contribution in [1.29, 1.82) is 0 Å². The molecule has 5 heteroatoms. The van der Waals surface area contributed by atoms with Crippen LogP contribution in [0, 0.1) is 0 Å². The number of nitrogens with zero attached hydrogens (tertiary/aromatic N) is 1. The Morgan fingerprint density at radius 1 is 1.29 bits per heavy atom. The molecule has 0 amide bonds. The third-order valence-electron chi connectivity index (χ3n) is 3.86. The first kappa shape index (κ1) is 8.89. The predicted octanol–water partition coefficient (Wildman–Crippen LogP) is 0.411. The minimum Gasteiger partial charge on any atom is -0.554 e. The molecule has 2 heterocycles. The minimum absolute atomic E-state index is 0.326. The number of hydrogen-bond acceptors (Lipinski definition) is 4. The quantitative estimate of drug-likeness (QED) is 0.569. The lowest BCUT2D eigenvalue weighted by atomic mass is 9.57. The van der Waals surface area contributed by atoms with E-state index in [9.17, 15) is 4.79 Å². The molecule has 3 fully saturated rings. The van der Waals surface area contributed by atoms with Crippen LogP contribution in [0.2, 0.25) is 5.82 Å². The van der Waals surface area contributed by atoms with E-state index < -0.39 is 6.69 Å². The van der Waals surface area contributed by atoms with E-state index in [-0.39, 0.29) is 0 Å². The van der Waals surface area contributed by atoms with Gasteiger partial charge in [-0.25, -0.2) is 0 Å². The molecule has 4 nitrogen and oxygen atoms in total. The summed E-state index contributed by atoms with van der Waals surface area (Å²) < 4.78 is 11.6. The lowest BCUT2D eigenvalue weighted by Gasteiger charge is -2.41. The molecule has 0 aromatic heterocycles. The number of carbonyl (C=O) groups is 1. The van der Waals surface area contributed by atoms with Crippen LogP contribution in [0.25, 0.3) is 0 Å². The van der Waals surface area contributed by atoms with Gasteiger partial charge in [-0.1, -0.05) is 12.2 Å².